The van der Waals surface area contributed by atoms with Crippen molar-refractivity contribution in [2.24, 2.45) is 0 Å². The van der Waals surface area contributed by atoms with Crippen LogP contribution in [0.4, 0.5) is 0 Å². The molecule has 1 amide bonds. The number of aromatic nitrogens is 1. The summed E-state index contributed by atoms with van der Waals surface area (Å²) in [5.74, 6) is 0.0244. The molecule has 0 saturated carbocycles. The molecule has 30 heavy (non-hydrogen) atoms. The fraction of sp³-hybridized carbons (Fsp3) is 0.222. The van der Waals surface area contributed by atoms with E-state index >= 15 is 0 Å². The third-order valence-electron chi connectivity index (χ3n) is 5.68. The van der Waals surface area contributed by atoms with Crippen molar-refractivity contribution in [3.05, 3.63) is 107 Å². The van der Waals surface area contributed by atoms with Crippen molar-refractivity contribution in [1.29, 1.82) is 0 Å². The van der Waals surface area contributed by atoms with E-state index in [1.807, 2.05) is 48.5 Å². The highest BCUT2D eigenvalue weighted by Gasteiger charge is 2.20. The van der Waals surface area contributed by atoms with Gasteiger partial charge in [-0.3, -0.25) is 4.79 Å². The first kappa shape index (κ1) is 20.0. The maximum absolute atomic E-state index is 12.9. The number of aromatic amines is 1. The third kappa shape index (κ3) is 4.16. The Bertz CT molecular complexity index is 1130. The maximum Gasteiger partial charge on any atom is 0.251 e. The number of hydrogen-bond acceptors (Lipinski definition) is 1. The highest BCUT2D eigenvalue weighted by molar-refractivity contribution is 5.94. The molecule has 0 aliphatic carbocycles. The zero-order chi connectivity index (χ0) is 21.1. The number of nitrogens with one attached hydrogen (secondary N) is 2. The number of para-hydroxylation sites is 1. The Balaban J connectivity index is 1.58. The minimum Gasteiger partial charge on any atom is -0.361 e. The van der Waals surface area contributed by atoms with Crippen molar-refractivity contribution in [2.45, 2.75) is 32.1 Å². The van der Waals surface area contributed by atoms with Gasteiger partial charge in [0.2, 0.25) is 0 Å². The number of carbonyl (C=O) groups excluding carboxylic acids is 1. The van der Waals surface area contributed by atoms with Gasteiger partial charge < -0.3 is 10.3 Å². The van der Waals surface area contributed by atoms with Crippen molar-refractivity contribution >= 4 is 16.8 Å². The molecule has 1 aromatic heterocycles. The van der Waals surface area contributed by atoms with Crippen LogP contribution in [-0.2, 0) is 5.41 Å². The maximum atomic E-state index is 12.9. The molecule has 0 aliphatic rings. The van der Waals surface area contributed by atoms with Crippen molar-refractivity contribution in [2.75, 3.05) is 6.54 Å². The Labute approximate surface area is 178 Å². The van der Waals surface area contributed by atoms with E-state index in [1.165, 1.54) is 22.1 Å². The van der Waals surface area contributed by atoms with Gasteiger partial charge in [0.15, 0.2) is 0 Å². The van der Waals surface area contributed by atoms with Crippen LogP contribution < -0.4 is 5.32 Å². The van der Waals surface area contributed by atoms with E-state index < -0.39 is 0 Å². The number of fused-ring (bicyclic) bond motifs is 1. The molecule has 0 radical (unpaired) electrons. The number of benzene rings is 3. The molecule has 4 rings (SSSR count). The molecule has 0 unspecified atom stereocenters. The molecule has 3 aromatic carbocycles. The van der Waals surface area contributed by atoms with E-state index in [-0.39, 0.29) is 17.2 Å². The van der Waals surface area contributed by atoms with Crippen molar-refractivity contribution < 1.29 is 4.79 Å². The molecule has 1 atom stereocenters. The van der Waals surface area contributed by atoms with Crippen LogP contribution >= 0.6 is 0 Å². The molecule has 0 bridgehead atoms. The summed E-state index contributed by atoms with van der Waals surface area (Å²) in [6.07, 6.45) is 2.06. The first-order chi connectivity index (χ1) is 14.4. The molecule has 152 valence electrons. The normalized spacial score (nSPS) is 12.6. The highest BCUT2D eigenvalue weighted by Crippen LogP contribution is 2.30. The Morgan fingerprint density at radius 1 is 0.900 bits per heavy atom. The predicted octanol–water partition coefficient (Wildman–Crippen LogP) is 6.03. The van der Waals surface area contributed by atoms with E-state index in [4.69, 9.17) is 0 Å². The summed E-state index contributed by atoms with van der Waals surface area (Å²) >= 11 is 0. The van der Waals surface area contributed by atoms with E-state index in [0.29, 0.717) is 12.1 Å². The van der Waals surface area contributed by atoms with Crippen LogP contribution in [0.1, 0.15) is 53.7 Å². The standard InChI is InChI=1S/C27H28N2O/c1-27(2,3)21-15-13-20(14-16-21)26(30)29-17-23(19-9-5-4-6-10-19)24-18-28-25-12-8-7-11-22(24)25/h4-16,18,23,28H,17H2,1-3H3,(H,29,30)/t23-/m0/s1. The number of rotatable bonds is 5. The van der Waals surface area contributed by atoms with Crippen molar-refractivity contribution in [3.8, 4) is 0 Å². The second-order valence-corrected chi connectivity index (χ2v) is 8.79. The summed E-state index contributed by atoms with van der Waals surface area (Å²) < 4.78 is 0. The predicted molar refractivity (Wildman–Crippen MR) is 124 cm³/mol. The number of amides is 1. The Morgan fingerprint density at radius 3 is 2.27 bits per heavy atom. The van der Waals surface area contributed by atoms with Gasteiger partial charge in [0.25, 0.3) is 5.91 Å². The lowest BCUT2D eigenvalue weighted by molar-refractivity contribution is 0.0952. The topological polar surface area (TPSA) is 44.9 Å². The molecule has 0 saturated heterocycles. The lowest BCUT2D eigenvalue weighted by Gasteiger charge is -2.20. The Morgan fingerprint density at radius 2 is 1.57 bits per heavy atom. The Kier molecular flexibility index (Phi) is 5.45. The lowest BCUT2D eigenvalue weighted by Crippen LogP contribution is -2.29. The molecule has 2 N–H and O–H groups in total. The fourth-order valence-corrected chi connectivity index (χ4v) is 3.89. The minimum absolute atomic E-state index is 0.0452. The van der Waals surface area contributed by atoms with Gasteiger partial charge >= 0.3 is 0 Å². The quantitative estimate of drug-likeness (QED) is 0.425. The molecule has 1 heterocycles. The lowest BCUT2D eigenvalue weighted by atomic mass is 9.86. The summed E-state index contributed by atoms with van der Waals surface area (Å²) in [6, 6.07) is 26.6. The number of carbonyl (C=O) groups is 1. The first-order valence-corrected chi connectivity index (χ1v) is 10.4. The zero-order valence-electron chi connectivity index (χ0n) is 17.8. The minimum atomic E-state index is -0.0452. The van der Waals surface area contributed by atoms with Gasteiger partial charge in [-0.05, 0) is 40.3 Å². The van der Waals surface area contributed by atoms with E-state index in [1.54, 1.807) is 0 Å². The fourth-order valence-electron chi connectivity index (χ4n) is 3.89. The Hall–Kier alpha value is -3.33. The van der Waals surface area contributed by atoms with Crippen LogP contribution in [0.2, 0.25) is 0 Å². The van der Waals surface area contributed by atoms with Gasteiger partial charge in [-0.25, -0.2) is 0 Å². The van der Waals surface area contributed by atoms with Crippen molar-refractivity contribution in [3.63, 3.8) is 0 Å². The third-order valence-corrected chi connectivity index (χ3v) is 5.68. The monoisotopic (exact) mass is 396 g/mol. The summed E-state index contributed by atoms with van der Waals surface area (Å²) in [4.78, 5) is 16.2. The second-order valence-electron chi connectivity index (χ2n) is 8.79. The van der Waals surface area contributed by atoms with E-state index in [0.717, 1.165) is 5.52 Å². The molecular weight excluding hydrogens is 368 g/mol. The largest absolute Gasteiger partial charge is 0.361 e. The van der Waals surface area contributed by atoms with E-state index in [2.05, 4.69) is 67.6 Å². The molecule has 4 aromatic rings. The van der Waals surface area contributed by atoms with Gasteiger partial charge in [0.1, 0.15) is 0 Å². The molecule has 3 nitrogen and oxygen atoms in total. The smallest absolute Gasteiger partial charge is 0.251 e. The zero-order valence-corrected chi connectivity index (χ0v) is 17.8. The van der Waals surface area contributed by atoms with Gasteiger partial charge in [-0.15, -0.1) is 0 Å². The van der Waals surface area contributed by atoms with Gasteiger partial charge in [-0.2, -0.15) is 0 Å². The first-order valence-electron chi connectivity index (χ1n) is 10.4. The van der Waals surface area contributed by atoms with Crippen LogP contribution in [0.5, 0.6) is 0 Å². The second kappa shape index (κ2) is 8.19. The highest BCUT2D eigenvalue weighted by atomic mass is 16.1. The molecule has 3 heteroatoms. The van der Waals surface area contributed by atoms with Crippen LogP contribution in [0.25, 0.3) is 10.9 Å². The summed E-state index contributed by atoms with van der Waals surface area (Å²) in [5.41, 5.74) is 5.47. The van der Waals surface area contributed by atoms with Gasteiger partial charge in [0, 0.05) is 35.1 Å². The van der Waals surface area contributed by atoms with Gasteiger partial charge in [-0.1, -0.05) is 81.4 Å². The SMILES string of the molecule is CC(C)(C)c1ccc(C(=O)NC[C@@H](c2ccccc2)c2c[nH]c3ccccc23)cc1. The number of H-pyrrole nitrogens is 1. The summed E-state index contributed by atoms with van der Waals surface area (Å²) in [7, 11) is 0. The van der Waals surface area contributed by atoms with Crippen LogP contribution in [0, 0.1) is 0 Å². The molecular formula is C27H28N2O. The molecule has 0 aliphatic heterocycles. The average molecular weight is 397 g/mol. The van der Waals surface area contributed by atoms with Crippen LogP contribution in [0.3, 0.4) is 0 Å². The number of hydrogen-bond donors (Lipinski definition) is 2. The van der Waals surface area contributed by atoms with Gasteiger partial charge in [0.05, 0.1) is 0 Å². The summed E-state index contributed by atoms with van der Waals surface area (Å²) in [5, 5.41) is 4.35. The molecule has 0 fully saturated rings. The summed E-state index contributed by atoms with van der Waals surface area (Å²) in [6.45, 7) is 7.06. The van der Waals surface area contributed by atoms with Crippen molar-refractivity contribution in [1.82, 2.24) is 10.3 Å². The van der Waals surface area contributed by atoms with Crippen LogP contribution in [-0.4, -0.2) is 17.4 Å². The average Bonchev–Trinajstić information content (AvgIpc) is 3.18. The van der Waals surface area contributed by atoms with Crippen LogP contribution in [0.15, 0.2) is 85.1 Å². The van der Waals surface area contributed by atoms with E-state index in [9.17, 15) is 4.79 Å². The molecule has 0 spiro atoms.